The maximum Gasteiger partial charge on any atom is 0.236 e. The van der Waals surface area contributed by atoms with Crippen LogP contribution >= 0.6 is 0 Å². The number of nitrogens with one attached hydrogen (secondary N) is 1. The van der Waals surface area contributed by atoms with Crippen LogP contribution in [0.15, 0.2) is 21.7 Å². The molecule has 0 spiro atoms. The fraction of sp³-hybridized carbons (Fsp3) is 0.455. The standard InChI is InChI=1S/C11H17N3O2/c1-4-14(5-2)11-7-6-10(16-11)8-12-13-9(3)15/h6-8H,4-5H2,1-3H3,(H,13,15)/b12-8+. The molecule has 0 unspecified atom stereocenters. The average molecular weight is 223 g/mol. The third-order valence-electron chi connectivity index (χ3n) is 2.10. The van der Waals surface area contributed by atoms with E-state index in [2.05, 4.69) is 29.3 Å². The highest BCUT2D eigenvalue weighted by Crippen LogP contribution is 2.16. The van der Waals surface area contributed by atoms with Crippen molar-refractivity contribution in [3.63, 3.8) is 0 Å². The van der Waals surface area contributed by atoms with Crippen LogP contribution in [0.4, 0.5) is 5.88 Å². The molecule has 5 nitrogen and oxygen atoms in total. The lowest BCUT2D eigenvalue weighted by Crippen LogP contribution is -2.20. The SMILES string of the molecule is CCN(CC)c1ccc(/C=N/NC(C)=O)o1. The second-order valence-electron chi connectivity index (χ2n) is 3.27. The normalized spacial score (nSPS) is 10.7. The molecule has 0 radical (unpaired) electrons. The van der Waals surface area contributed by atoms with Crippen molar-refractivity contribution >= 4 is 18.0 Å². The number of carbonyl (C=O) groups is 1. The van der Waals surface area contributed by atoms with Crippen LogP contribution < -0.4 is 10.3 Å². The highest BCUT2D eigenvalue weighted by molar-refractivity contribution is 5.79. The molecule has 88 valence electrons. The summed E-state index contributed by atoms with van der Waals surface area (Å²) >= 11 is 0. The Bertz CT molecular complexity index is 367. The number of furan rings is 1. The lowest BCUT2D eigenvalue weighted by atomic mass is 10.4. The van der Waals surface area contributed by atoms with E-state index in [1.54, 1.807) is 0 Å². The number of hydrazone groups is 1. The van der Waals surface area contributed by atoms with Gasteiger partial charge in [-0.2, -0.15) is 5.10 Å². The Morgan fingerprint density at radius 1 is 1.50 bits per heavy atom. The van der Waals surface area contributed by atoms with E-state index in [9.17, 15) is 4.79 Å². The van der Waals surface area contributed by atoms with Gasteiger partial charge in [0.1, 0.15) is 5.76 Å². The first kappa shape index (κ1) is 12.3. The van der Waals surface area contributed by atoms with E-state index in [0.29, 0.717) is 5.76 Å². The zero-order chi connectivity index (χ0) is 12.0. The Balaban J connectivity index is 2.64. The quantitative estimate of drug-likeness (QED) is 0.609. The Kier molecular flexibility index (Phi) is 4.57. The average Bonchev–Trinajstić information content (AvgIpc) is 2.68. The van der Waals surface area contributed by atoms with Crippen LogP contribution in [0.5, 0.6) is 0 Å². The van der Waals surface area contributed by atoms with Gasteiger partial charge in [-0.3, -0.25) is 4.79 Å². The Labute approximate surface area is 95.1 Å². The first-order valence-corrected chi connectivity index (χ1v) is 5.31. The summed E-state index contributed by atoms with van der Waals surface area (Å²) < 4.78 is 5.53. The fourth-order valence-electron chi connectivity index (χ4n) is 1.30. The summed E-state index contributed by atoms with van der Waals surface area (Å²) in [5.41, 5.74) is 2.32. The summed E-state index contributed by atoms with van der Waals surface area (Å²) in [6.45, 7) is 7.33. The summed E-state index contributed by atoms with van der Waals surface area (Å²) in [6, 6.07) is 3.71. The van der Waals surface area contributed by atoms with Gasteiger partial charge in [0.2, 0.25) is 5.91 Å². The molecule has 1 N–H and O–H groups in total. The van der Waals surface area contributed by atoms with E-state index in [0.717, 1.165) is 19.0 Å². The van der Waals surface area contributed by atoms with Crippen molar-refractivity contribution in [2.75, 3.05) is 18.0 Å². The second kappa shape index (κ2) is 5.95. The van der Waals surface area contributed by atoms with Crippen molar-refractivity contribution in [2.45, 2.75) is 20.8 Å². The molecule has 1 amide bonds. The van der Waals surface area contributed by atoms with Gasteiger partial charge >= 0.3 is 0 Å². The second-order valence-corrected chi connectivity index (χ2v) is 3.27. The number of hydrogen-bond donors (Lipinski definition) is 1. The van der Waals surface area contributed by atoms with Crippen LogP contribution in [0.1, 0.15) is 26.5 Å². The molecule has 0 bridgehead atoms. The summed E-state index contributed by atoms with van der Waals surface area (Å²) in [7, 11) is 0. The molecule has 5 heteroatoms. The molecule has 0 atom stereocenters. The van der Waals surface area contributed by atoms with Gasteiger partial charge in [0.05, 0.1) is 6.21 Å². The van der Waals surface area contributed by atoms with Gasteiger partial charge in [-0.05, 0) is 19.9 Å². The van der Waals surface area contributed by atoms with Gasteiger partial charge in [-0.25, -0.2) is 5.43 Å². The van der Waals surface area contributed by atoms with Crippen molar-refractivity contribution in [1.29, 1.82) is 0 Å². The van der Waals surface area contributed by atoms with Crippen LogP contribution in [-0.4, -0.2) is 25.2 Å². The van der Waals surface area contributed by atoms with Crippen molar-refractivity contribution in [2.24, 2.45) is 5.10 Å². The largest absolute Gasteiger partial charge is 0.440 e. The number of anilines is 1. The molecule has 1 aromatic heterocycles. The molecule has 0 aliphatic heterocycles. The first-order valence-electron chi connectivity index (χ1n) is 5.31. The minimum atomic E-state index is -0.202. The molecule has 1 heterocycles. The Morgan fingerprint density at radius 2 is 2.19 bits per heavy atom. The molecule has 16 heavy (non-hydrogen) atoms. The first-order chi connectivity index (χ1) is 7.67. The monoisotopic (exact) mass is 223 g/mol. The van der Waals surface area contributed by atoms with Gasteiger partial charge < -0.3 is 9.32 Å². The number of carbonyl (C=O) groups excluding carboxylic acids is 1. The van der Waals surface area contributed by atoms with E-state index >= 15 is 0 Å². The molecular weight excluding hydrogens is 206 g/mol. The van der Waals surface area contributed by atoms with Gasteiger partial charge in [0, 0.05) is 26.1 Å². The maximum absolute atomic E-state index is 10.6. The summed E-state index contributed by atoms with van der Waals surface area (Å²) in [5, 5.41) is 3.73. The van der Waals surface area contributed by atoms with Crippen molar-refractivity contribution in [1.82, 2.24) is 5.43 Å². The van der Waals surface area contributed by atoms with Crippen LogP contribution in [0.3, 0.4) is 0 Å². The molecule has 0 saturated carbocycles. The molecule has 1 aromatic rings. The van der Waals surface area contributed by atoms with E-state index in [4.69, 9.17) is 4.42 Å². The van der Waals surface area contributed by atoms with E-state index in [1.165, 1.54) is 13.1 Å². The third kappa shape index (κ3) is 3.42. The van der Waals surface area contributed by atoms with Crippen molar-refractivity contribution in [3.05, 3.63) is 17.9 Å². The van der Waals surface area contributed by atoms with Crippen molar-refractivity contribution < 1.29 is 9.21 Å². The molecule has 0 aliphatic rings. The fourth-order valence-corrected chi connectivity index (χ4v) is 1.30. The maximum atomic E-state index is 10.6. The highest BCUT2D eigenvalue weighted by atomic mass is 16.4. The van der Waals surface area contributed by atoms with Gasteiger partial charge in [-0.1, -0.05) is 0 Å². The van der Waals surface area contributed by atoms with E-state index in [-0.39, 0.29) is 5.91 Å². The minimum absolute atomic E-state index is 0.202. The topological polar surface area (TPSA) is 57.8 Å². The van der Waals surface area contributed by atoms with Gasteiger partial charge in [0.25, 0.3) is 0 Å². The lowest BCUT2D eigenvalue weighted by Gasteiger charge is -2.16. The lowest BCUT2D eigenvalue weighted by molar-refractivity contribution is -0.118. The van der Waals surface area contributed by atoms with Crippen LogP contribution in [0, 0.1) is 0 Å². The molecule has 0 aliphatic carbocycles. The number of amides is 1. The molecular formula is C11H17N3O2. The number of hydrogen-bond acceptors (Lipinski definition) is 4. The summed E-state index contributed by atoms with van der Waals surface area (Å²) in [5.74, 6) is 1.23. The summed E-state index contributed by atoms with van der Waals surface area (Å²) in [6.07, 6.45) is 1.48. The Hall–Kier alpha value is -1.78. The molecule has 0 aromatic carbocycles. The molecule has 0 fully saturated rings. The predicted octanol–water partition coefficient (Wildman–Crippen LogP) is 1.60. The smallest absolute Gasteiger partial charge is 0.236 e. The van der Waals surface area contributed by atoms with E-state index in [1.807, 2.05) is 12.1 Å². The summed E-state index contributed by atoms with van der Waals surface area (Å²) in [4.78, 5) is 12.7. The van der Waals surface area contributed by atoms with Crippen LogP contribution in [0.25, 0.3) is 0 Å². The van der Waals surface area contributed by atoms with Crippen molar-refractivity contribution in [3.8, 4) is 0 Å². The van der Waals surface area contributed by atoms with Gasteiger partial charge in [0.15, 0.2) is 5.88 Å². The predicted molar refractivity (Wildman–Crippen MR) is 63.7 cm³/mol. The Morgan fingerprint density at radius 3 is 2.75 bits per heavy atom. The molecule has 0 saturated heterocycles. The highest BCUT2D eigenvalue weighted by Gasteiger charge is 2.05. The zero-order valence-corrected chi connectivity index (χ0v) is 9.86. The van der Waals surface area contributed by atoms with Gasteiger partial charge in [-0.15, -0.1) is 0 Å². The molecule has 1 rings (SSSR count). The van der Waals surface area contributed by atoms with Crippen LogP contribution in [0.2, 0.25) is 0 Å². The van der Waals surface area contributed by atoms with Crippen LogP contribution in [-0.2, 0) is 4.79 Å². The van der Waals surface area contributed by atoms with E-state index < -0.39 is 0 Å². The minimum Gasteiger partial charge on any atom is -0.440 e. The number of nitrogens with zero attached hydrogens (tertiary/aromatic N) is 2. The number of rotatable bonds is 5. The zero-order valence-electron chi connectivity index (χ0n) is 9.86. The third-order valence-corrected chi connectivity index (χ3v) is 2.10.